The number of rotatable bonds is 3. The number of pyridine rings is 1. The SMILES string of the molecule is [C-]#[N+]c1cnc2c(C)cc(-c3[nH]c4ccc(C5CCNCC5)cc4c3C(C)C)cn12. The zero-order chi connectivity index (χ0) is 20.8. The Bertz CT molecular complexity index is 1280. The molecule has 4 aromatic rings. The summed E-state index contributed by atoms with van der Waals surface area (Å²) in [4.78, 5) is 11.7. The van der Waals surface area contributed by atoms with Gasteiger partial charge < -0.3 is 15.1 Å². The van der Waals surface area contributed by atoms with E-state index < -0.39 is 0 Å². The minimum atomic E-state index is 0.385. The minimum absolute atomic E-state index is 0.385. The van der Waals surface area contributed by atoms with Gasteiger partial charge >= 0.3 is 0 Å². The summed E-state index contributed by atoms with van der Waals surface area (Å²) in [5.74, 6) is 1.57. The largest absolute Gasteiger partial charge is 0.362 e. The van der Waals surface area contributed by atoms with Crippen LogP contribution in [0.1, 0.15) is 55.2 Å². The molecule has 5 nitrogen and oxygen atoms in total. The predicted octanol–water partition coefficient (Wildman–Crippen LogP) is 5.93. The normalized spacial score (nSPS) is 15.3. The van der Waals surface area contributed by atoms with Gasteiger partial charge in [0, 0.05) is 22.0 Å². The zero-order valence-electron chi connectivity index (χ0n) is 17.8. The van der Waals surface area contributed by atoms with Gasteiger partial charge in [-0.1, -0.05) is 26.5 Å². The summed E-state index contributed by atoms with van der Waals surface area (Å²) in [6, 6.07) is 9.13. The third kappa shape index (κ3) is 3.00. The number of piperidine rings is 1. The van der Waals surface area contributed by atoms with Crippen LogP contribution in [-0.2, 0) is 0 Å². The van der Waals surface area contributed by atoms with Crippen LogP contribution in [0.3, 0.4) is 0 Å². The second-order valence-corrected chi connectivity index (χ2v) is 8.73. The molecular formula is C25H27N5. The molecule has 4 heterocycles. The van der Waals surface area contributed by atoms with Crippen LogP contribution in [0.2, 0.25) is 0 Å². The van der Waals surface area contributed by atoms with Crippen LogP contribution in [0.4, 0.5) is 5.82 Å². The highest BCUT2D eigenvalue weighted by Gasteiger charge is 2.21. The summed E-state index contributed by atoms with van der Waals surface area (Å²) in [7, 11) is 0. The first-order valence-corrected chi connectivity index (χ1v) is 10.8. The number of nitrogens with zero attached hydrogens (tertiary/aromatic N) is 3. The lowest BCUT2D eigenvalue weighted by Crippen LogP contribution is -2.26. The molecule has 0 aliphatic carbocycles. The van der Waals surface area contributed by atoms with Crippen molar-refractivity contribution >= 4 is 22.4 Å². The van der Waals surface area contributed by atoms with Gasteiger partial charge in [0.15, 0.2) is 0 Å². The van der Waals surface area contributed by atoms with E-state index in [4.69, 9.17) is 6.57 Å². The number of hydrogen-bond donors (Lipinski definition) is 2. The van der Waals surface area contributed by atoms with Crippen molar-refractivity contribution in [1.82, 2.24) is 19.7 Å². The van der Waals surface area contributed by atoms with Gasteiger partial charge in [-0.3, -0.25) is 0 Å². The molecule has 0 radical (unpaired) electrons. The standard InChI is InChI=1S/C25H27N5/c1-15(2)23-20-12-18(17-7-9-27-10-8-17)5-6-21(20)29-24(23)19-11-16(3)25-28-13-22(26-4)30(25)14-19/h5-6,11-15,17,27,29H,7-10H2,1-3H3. The molecule has 0 amide bonds. The third-order valence-electron chi connectivity index (χ3n) is 6.42. The van der Waals surface area contributed by atoms with Crippen LogP contribution in [0.25, 0.3) is 32.7 Å². The van der Waals surface area contributed by atoms with Crippen molar-refractivity contribution in [1.29, 1.82) is 0 Å². The van der Waals surface area contributed by atoms with Gasteiger partial charge in [0.05, 0.1) is 18.1 Å². The van der Waals surface area contributed by atoms with Gasteiger partial charge in [-0.05, 0) is 74.0 Å². The molecule has 0 spiro atoms. The maximum Gasteiger partial charge on any atom is 0.254 e. The van der Waals surface area contributed by atoms with Crippen molar-refractivity contribution in [3.05, 3.63) is 64.8 Å². The van der Waals surface area contributed by atoms with Crippen LogP contribution < -0.4 is 5.32 Å². The van der Waals surface area contributed by atoms with Crippen molar-refractivity contribution in [2.75, 3.05) is 13.1 Å². The zero-order valence-corrected chi connectivity index (χ0v) is 17.8. The molecule has 1 saturated heterocycles. The lowest BCUT2D eigenvalue weighted by Gasteiger charge is -2.23. The first-order chi connectivity index (χ1) is 14.6. The average Bonchev–Trinajstić information content (AvgIpc) is 3.35. The van der Waals surface area contributed by atoms with Gasteiger partial charge in [-0.15, -0.1) is 0 Å². The monoisotopic (exact) mass is 397 g/mol. The summed E-state index contributed by atoms with van der Waals surface area (Å²) in [5, 5.41) is 4.79. The first-order valence-electron chi connectivity index (χ1n) is 10.8. The van der Waals surface area contributed by atoms with Gasteiger partial charge in [0.25, 0.3) is 5.82 Å². The highest BCUT2D eigenvalue weighted by Crippen LogP contribution is 2.38. The molecule has 0 saturated carbocycles. The Kier molecular flexibility index (Phi) is 4.60. The lowest BCUT2D eigenvalue weighted by molar-refractivity contribution is 0.460. The van der Waals surface area contributed by atoms with Crippen molar-refractivity contribution in [2.45, 2.75) is 45.4 Å². The minimum Gasteiger partial charge on any atom is -0.362 e. The molecular weight excluding hydrogens is 370 g/mol. The van der Waals surface area contributed by atoms with Crippen molar-refractivity contribution in [2.24, 2.45) is 0 Å². The topological polar surface area (TPSA) is 49.5 Å². The van der Waals surface area contributed by atoms with E-state index in [1.54, 1.807) is 6.20 Å². The summed E-state index contributed by atoms with van der Waals surface area (Å²) in [5.41, 5.74) is 8.16. The predicted molar refractivity (Wildman–Crippen MR) is 122 cm³/mol. The Morgan fingerprint density at radius 2 is 2.00 bits per heavy atom. The Balaban J connectivity index is 1.70. The molecule has 2 N–H and O–H groups in total. The highest BCUT2D eigenvalue weighted by molar-refractivity contribution is 5.92. The summed E-state index contributed by atoms with van der Waals surface area (Å²) in [6.07, 6.45) is 6.11. The number of benzene rings is 1. The van der Waals surface area contributed by atoms with E-state index >= 15 is 0 Å². The van der Waals surface area contributed by atoms with E-state index in [1.807, 2.05) is 10.6 Å². The fraction of sp³-hybridized carbons (Fsp3) is 0.360. The van der Waals surface area contributed by atoms with Crippen molar-refractivity contribution < 1.29 is 0 Å². The maximum absolute atomic E-state index is 7.46. The Morgan fingerprint density at radius 3 is 2.73 bits per heavy atom. The van der Waals surface area contributed by atoms with Crippen LogP contribution in [0.5, 0.6) is 0 Å². The highest BCUT2D eigenvalue weighted by atomic mass is 15.1. The number of fused-ring (bicyclic) bond motifs is 2. The fourth-order valence-corrected chi connectivity index (χ4v) is 4.93. The van der Waals surface area contributed by atoms with E-state index in [-0.39, 0.29) is 0 Å². The molecule has 1 aliphatic heterocycles. The number of nitrogens with one attached hydrogen (secondary N) is 2. The molecule has 0 bridgehead atoms. The van der Waals surface area contributed by atoms with Crippen LogP contribution >= 0.6 is 0 Å². The third-order valence-corrected chi connectivity index (χ3v) is 6.42. The molecule has 5 heteroatoms. The van der Waals surface area contributed by atoms with Crippen LogP contribution in [0, 0.1) is 13.5 Å². The lowest BCUT2D eigenvalue weighted by atomic mass is 9.88. The van der Waals surface area contributed by atoms with Gasteiger partial charge in [0.1, 0.15) is 0 Å². The Labute approximate surface area is 177 Å². The number of aromatic amines is 1. The van der Waals surface area contributed by atoms with E-state index in [0.29, 0.717) is 17.7 Å². The van der Waals surface area contributed by atoms with Gasteiger partial charge in [-0.25, -0.2) is 9.38 Å². The molecule has 1 fully saturated rings. The molecule has 1 aliphatic rings. The number of aryl methyl sites for hydroxylation is 1. The second kappa shape index (κ2) is 7.30. The molecule has 0 unspecified atom stereocenters. The molecule has 30 heavy (non-hydrogen) atoms. The smallest absolute Gasteiger partial charge is 0.254 e. The van der Waals surface area contributed by atoms with Crippen LogP contribution in [0.15, 0.2) is 36.7 Å². The fourth-order valence-electron chi connectivity index (χ4n) is 4.93. The number of H-pyrrole nitrogens is 1. The summed E-state index contributed by atoms with van der Waals surface area (Å²) in [6.45, 7) is 16.2. The van der Waals surface area contributed by atoms with Gasteiger partial charge in [0.2, 0.25) is 5.65 Å². The summed E-state index contributed by atoms with van der Waals surface area (Å²) < 4.78 is 1.91. The van der Waals surface area contributed by atoms with E-state index in [1.165, 1.54) is 34.9 Å². The number of imidazole rings is 1. The van der Waals surface area contributed by atoms with E-state index in [0.717, 1.165) is 35.6 Å². The van der Waals surface area contributed by atoms with E-state index in [2.05, 4.69) is 65.2 Å². The molecule has 3 aromatic heterocycles. The first kappa shape index (κ1) is 18.9. The Hall–Kier alpha value is -3.10. The van der Waals surface area contributed by atoms with Crippen molar-refractivity contribution in [3.63, 3.8) is 0 Å². The molecule has 1 aromatic carbocycles. The molecule has 0 atom stereocenters. The number of aromatic nitrogens is 3. The second-order valence-electron chi connectivity index (χ2n) is 8.73. The van der Waals surface area contributed by atoms with Gasteiger partial charge in [-0.2, -0.15) is 0 Å². The van der Waals surface area contributed by atoms with Crippen molar-refractivity contribution in [3.8, 4) is 11.3 Å². The maximum atomic E-state index is 7.46. The Morgan fingerprint density at radius 1 is 1.20 bits per heavy atom. The molecule has 152 valence electrons. The average molecular weight is 398 g/mol. The quantitative estimate of drug-likeness (QED) is 0.421. The van der Waals surface area contributed by atoms with Crippen LogP contribution in [-0.4, -0.2) is 27.5 Å². The van der Waals surface area contributed by atoms with E-state index in [9.17, 15) is 0 Å². The summed E-state index contributed by atoms with van der Waals surface area (Å²) >= 11 is 0. The molecule has 5 rings (SSSR count). The number of hydrogen-bond acceptors (Lipinski definition) is 2.